The van der Waals surface area contributed by atoms with E-state index in [1.54, 1.807) is 4.90 Å². The first-order valence-electron chi connectivity index (χ1n) is 5.96. The fourth-order valence-corrected chi connectivity index (χ4v) is 2.82. The van der Waals surface area contributed by atoms with Crippen LogP contribution in [0.1, 0.15) is 17.3 Å². The van der Waals surface area contributed by atoms with Gasteiger partial charge in [0.2, 0.25) is 0 Å². The van der Waals surface area contributed by atoms with Crippen LogP contribution in [0.2, 0.25) is 0 Å². The molecule has 0 saturated carbocycles. The van der Waals surface area contributed by atoms with Crippen LogP contribution < -0.4 is 5.32 Å². The number of halogens is 1. The van der Waals surface area contributed by atoms with Gasteiger partial charge in [0.05, 0.1) is 10.5 Å². The summed E-state index contributed by atoms with van der Waals surface area (Å²) in [5, 5.41) is 13.9. The first-order chi connectivity index (χ1) is 9.00. The number of carbonyl (C=O) groups excluding carboxylic acids is 1. The van der Waals surface area contributed by atoms with E-state index in [1.165, 1.54) is 18.2 Å². The number of amides is 1. The molecule has 0 aromatic heterocycles. The number of carbonyl (C=O) groups is 1. The van der Waals surface area contributed by atoms with Gasteiger partial charge in [-0.1, -0.05) is 0 Å². The van der Waals surface area contributed by atoms with Crippen LogP contribution >= 0.6 is 22.6 Å². The Morgan fingerprint density at radius 2 is 2.32 bits per heavy atom. The van der Waals surface area contributed by atoms with E-state index in [0.29, 0.717) is 15.7 Å². The molecule has 1 amide bonds. The lowest BCUT2D eigenvalue weighted by molar-refractivity contribution is -0.384. The van der Waals surface area contributed by atoms with Crippen molar-refractivity contribution < 1.29 is 9.72 Å². The van der Waals surface area contributed by atoms with Crippen molar-refractivity contribution in [1.82, 2.24) is 10.2 Å². The maximum Gasteiger partial charge on any atom is 0.270 e. The maximum absolute atomic E-state index is 12.4. The predicted octanol–water partition coefficient (Wildman–Crippen LogP) is 1.63. The average molecular weight is 375 g/mol. The topological polar surface area (TPSA) is 75.5 Å². The number of piperazine rings is 1. The summed E-state index contributed by atoms with van der Waals surface area (Å²) in [7, 11) is 0. The van der Waals surface area contributed by atoms with Gasteiger partial charge in [-0.25, -0.2) is 0 Å². The summed E-state index contributed by atoms with van der Waals surface area (Å²) < 4.78 is 0.613. The van der Waals surface area contributed by atoms with Crippen molar-refractivity contribution in [3.63, 3.8) is 0 Å². The van der Waals surface area contributed by atoms with Crippen LogP contribution in [0, 0.1) is 13.7 Å². The molecule has 1 N–H and O–H groups in total. The zero-order valence-corrected chi connectivity index (χ0v) is 12.6. The lowest BCUT2D eigenvalue weighted by atomic mass is 10.1. The minimum absolute atomic E-state index is 0.00862. The molecule has 0 bridgehead atoms. The highest BCUT2D eigenvalue weighted by Gasteiger charge is 2.26. The van der Waals surface area contributed by atoms with Crippen LogP contribution in [0.25, 0.3) is 0 Å². The molecule has 1 aromatic carbocycles. The zero-order chi connectivity index (χ0) is 14.0. The van der Waals surface area contributed by atoms with Crippen molar-refractivity contribution in [2.24, 2.45) is 0 Å². The van der Waals surface area contributed by atoms with E-state index in [9.17, 15) is 14.9 Å². The minimum atomic E-state index is -0.455. The molecule has 0 unspecified atom stereocenters. The number of nitrogens with zero attached hydrogens (tertiary/aromatic N) is 2. The SMILES string of the molecule is C[C@@H]1CNCCN1C(=O)c1ccc([N+](=O)[O-])cc1I. The Balaban J connectivity index is 2.26. The van der Waals surface area contributed by atoms with Crippen LogP contribution in [-0.4, -0.2) is 41.4 Å². The van der Waals surface area contributed by atoms with Crippen LogP contribution in [0.5, 0.6) is 0 Å². The largest absolute Gasteiger partial charge is 0.333 e. The molecule has 1 fully saturated rings. The summed E-state index contributed by atoms with van der Waals surface area (Å²) in [6.07, 6.45) is 0. The maximum atomic E-state index is 12.4. The summed E-state index contributed by atoms with van der Waals surface area (Å²) in [5.74, 6) is -0.0618. The standard InChI is InChI=1S/C12H14IN3O3/c1-8-7-14-4-5-15(8)12(17)10-3-2-9(16(18)19)6-11(10)13/h2-3,6,8,14H,4-5,7H2,1H3/t8-/m1/s1. The van der Waals surface area contributed by atoms with Gasteiger partial charge in [-0.2, -0.15) is 0 Å². The van der Waals surface area contributed by atoms with E-state index in [2.05, 4.69) is 5.32 Å². The molecule has 1 saturated heterocycles. The fraction of sp³-hybridized carbons (Fsp3) is 0.417. The van der Waals surface area contributed by atoms with Gasteiger partial charge in [-0.15, -0.1) is 0 Å². The molecular weight excluding hydrogens is 361 g/mol. The van der Waals surface area contributed by atoms with Crippen molar-refractivity contribution in [3.05, 3.63) is 37.4 Å². The Morgan fingerprint density at radius 3 is 2.89 bits per heavy atom. The van der Waals surface area contributed by atoms with E-state index in [1.807, 2.05) is 29.5 Å². The van der Waals surface area contributed by atoms with Crippen LogP contribution in [-0.2, 0) is 0 Å². The molecule has 1 aliphatic heterocycles. The molecule has 19 heavy (non-hydrogen) atoms. The monoisotopic (exact) mass is 375 g/mol. The van der Waals surface area contributed by atoms with Gasteiger partial charge in [-0.3, -0.25) is 14.9 Å². The second-order valence-corrected chi connectivity index (χ2v) is 5.64. The first kappa shape index (κ1) is 14.2. The van der Waals surface area contributed by atoms with Crippen LogP contribution in [0.3, 0.4) is 0 Å². The van der Waals surface area contributed by atoms with Crippen LogP contribution in [0.15, 0.2) is 18.2 Å². The Morgan fingerprint density at radius 1 is 1.58 bits per heavy atom. The van der Waals surface area contributed by atoms with Gasteiger partial charge in [0.15, 0.2) is 0 Å². The van der Waals surface area contributed by atoms with E-state index >= 15 is 0 Å². The van der Waals surface area contributed by atoms with E-state index in [0.717, 1.165) is 13.1 Å². The molecule has 1 aromatic rings. The number of hydrogen-bond acceptors (Lipinski definition) is 4. The Labute approximate surface area is 124 Å². The summed E-state index contributed by atoms with van der Waals surface area (Å²) >= 11 is 1.97. The molecule has 7 heteroatoms. The number of rotatable bonds is 2. The number of benzene rings is 1. The van der Waals surface area contributed by atoms with Crippen molar-refractivity contribution in [1.29, 1.82) is 0 Å². The molecule has 1 aliphatic rings. The molecule has 2 rings (SSSR count). The van der Waals surface area contributed by atoms with Gasteiger partial charge in [0.25, 0.3) is 11.6 Å². The summed E-state index contributed by atoms with van der Waals surface area (Å²) in [5.41, 5.74) is 0.536. The number of hydrogen-bond donors (Lipinski definition) is 1. The van der Waals surface area contributed by atoms with Gasteiger partial charge in [0, 0.05) is 41.4 Å². The lowest BCUT2D eigenvalue weighted by Crippen LogP contribution is -2.52. The highest BCUT2D eigenvalue weighted by molar-refractivity contribution is 14.1. The number of nitrogens with one attached hydrogen (secondary N) is 1. The number of nitro benzene ring substituents is 1. The lowest BCUT2D eigenvalue weighted by Gasteiger charge is -2.34. The molecule has 102 valence electrons. The smallest absolute Gasteiger partial charge is 0.270 e. The number of non-ortho nitro benzene ring substituents is 1. The van der Waals surface area contributed by atoms with Crippen molar-refractivity contribution in [2.75, 3.05) is 19.6 Å². The van der Waals surface area contributed by atoms with Crippen LogP contribution in [0.4, 0.5) is 5.69 Å². The van der Waals surface area contributed by atoms with Gasteiger partial charge in [-0.05, 0) is 35.6 Å². The molecular formula is C12H14IN3O3. The summed E-state index contributed by atoms with van der Waals surface area (Å²) in [6, 6.07) is 4.48. The normalized spacial score (nSPS) is 19.3. The Bertz CT molecular complexity index is 521. The molecule has 0 spiro atoms. The van der Waals surface area contributed by atoms with Crippen molar-refractivity contribution in [2.45, 2.75) is 13.0 Å². The molecule has 0 radical (unpaired) electrons. The second-order valence-electron chi connectivity index (χ2n) is 4.47. The van der Waals surface area contributed by atoms with E-state index in [4.69, 9.17) is 0 Å². The highest BCUT2D eigenvalue weighted by Crippen LogP contribution is 2.22. The third-order valence-corrected chi connectivity index (χ3v) is 4.05. The first-order valence-corrected chi connectivity index (χ1v) is 7.04. The van der Waals surface area contributed by atoms with E-state index in [-0.39, 0.29) is 17.6 Å². The fourth-order valence-electron chi connectivity index (χ4n) is 2.09. The Kier molecular flexibility index (Phi) is 4.35. The minimum Gasteiger partial charge on any atom is -0.333 e. The molecule has 6 nitrogen and oxygen atoms in total. The molecule has 1 atom stereocenters. The Hall–Kier alpha value is -1.22. The van der Waals surface area contributed by atoms with Crippen molar-refractivity contribution >= 4 is 34.2 Å². The predicted molar refractivity (Wildman–Crippen MR) is 79.2 cm³/mol. The highest BCUT2D eigenvalue weighted by atomic mass is 127. The van der Waals surface area contributed by atoms with Gasteiger partial charge in [0.1, 0.15) is 0 Å². The van der Waals surface area contributed by atoms with Gasteiger partial charge >= 0.3 is 0 Å². The zero-order valence-electron chi connectivity index (χ0n) is 10.4. The summed E-state index contributed by atoms with van der Waals surface area (Å²) in [6.45, 7) is 4.20. The van der Waals surface area contributed by atoms with Crippen molar-refractivity contribution in [3.8, 4) is 0 Å². The molecule has 1 heterocycles. The third kappa shape index (κ3) is 3.03. The average Bonchev–Trinajstić information content (AvgIpc) is 2.38. The summed E-state index contributed by atoms with van der Waals surface area (Å²) in [4.78, 5) is 24.5. The third-order valence-electron chi connectivity index (χ3n) is 3.16. The molecule has 0 aliphatic carbocycles. The quantitative estimate of drug-likeness (QED) is 0.485. The van der Waals surface area contributed by atoms with E-state index < -0.39 is 4.92 Å². The second kappa shape index (κ2) is 5.83. The number of nitro groups is 1. The van der Waals surface area contributed by atoms with Gasteiger partial charge < -0.3 is 10.2 Å².